The summed E-state index contributed by atoms with van der Waals surface area (Å²) in [5, 5.41) is 7.95. The third-order valence-corrected chi connectivity index (χ3v) is 2.70. The maximum Gasteiger partial charge on any atom is 0.322 e. The lowest BCUT2D eigenvalue weighted by Gasteiger charge is -2.25. The van der Waals surface area contributed by atoms with E-state index >= 15 is 0 Å². The van der Waals surface area contributed by atoms with Crippen molar-refractivity contribution in [1.82, 2.24) is 16.0 Å². The van der Waals surface area contributed by atoms with Gasteiger partial charge in [-0.1, -0.05) is 0 Å². The Bertz CT molecular complexity index is 262. The second-order valence-electron chi connectivity index (χ2n) is 3.68. The van der Waals surface area contributed by atoms with Crippen molar-refractivity contribution in [2.24, 2.45) is 5.92 Å². The Labute approximate surface area is 76.3 Å². The van der Waals surface area contributed by atoms with Crippen molar-refractivity contribution in [2.75, 3.05) is 13.6 Å². The fraction of sp³-hybridized carbons (Fsp3) is 0.750. The molecule has 3 N–H and O–H groups in total. The maximum absolute atomic E-state index is 11.5. The summed E-state index contributed by atoms with van der Waals surface area (Å²) in [4.78, 5) is 22.5. The van der Waals surface area contributed by atoms with E-state index in [1.165, 1.54) is 0 Å². The lowest BCUT2D eigenvalue weighted by molar-refractivity contribution is -0.124. The van der Waals surface area contributed by atoms with Crippen molar-refractivity contribution in [3.8, 4) is 0 Å². The summed E-state index contributed by atoms with van der Waals surface area (Å²) in [5.74, 6) is 0.126. The highest BCUT2D eigenvalue weighted by molar-refractivity contribution is 6.07. The first-order chi connectivity index (χ1) is 6.19. The van der Waals surface area contributed by atoms with Gasteiger partial charge >= 0.3 is 6.03 Å². The van der Waals surface area contributed by atoms with Crippen LogP contribution in [0.3, 0.4) is 0 Å². The van der Waals surface area contributed by atoms with Crippen LogP contribution in [0.2, 0.25) is 0 Å². The molecule has 72 valence electrons. The molecular weight excluding hydrogens is 170 g/mol. The molecule has 13 heavy (non-hydrogen) atoms. The van der Waals surface area contributed by atoms with Crippen LogP contribution >= 0.6 is 0 Å². The van der Waals surface area contributed by atoms with Gasteiger partial charge < -0.3 is 10.6 Å². The number of carbonyl (C=O) groups is 2. The van der Waals surface area contributed by atoms with Gasteiger partial charge in [-0.05, 0) is 25.8 Å². The zero-order valence-electron chi connectivity index (χ0n) is 7.52. The minimum absolute atomic E-state index is 0.186. The highest BCUT2D eigenvalue weighted by atomic mass is 16.2. The molecule has 0 bridgehead atoms. The Morgan fingerprint density at radius 3 is 2.62 bits per heavy atom. The Morgan fingerprint density at radius 1 is 1.54 bits per heavy atom. The molecule has 0 spiro atoms. The smallest absolute Gasteiger partial charge is 0.322 e. The van der Waals surface area contributed by atoms with Crippen LogP contribution in [0.25, 0.3) is 0 Å². The van der Waals surface area contributed by atoms with E-state index in [1.807, 2.05) is 0 Å². The van der Waals surface area contributed by atoms with E-state index in [0.717, 1.165) is 12.8 Å². The number of carbonyl (C=O) groups excluding carboxylic acids is 2. The van der Waals surface area contributed by atoms with Gasteiger partial charge in [-0.15, -0.1) is 0 Å². The highest BCUT2D eigenvalue weighted by Gasteiger charge is 2.55. The molecule has 2 aliphatic rings. The third-order valence-electron chi connectivity index (χ3n) is 2.70. The second kappa shape index (κ2) is 2.70. The quantitative estimate of drug-likeness (QED) is 0.501. The molecule has 2 fully saturated rings. The van der Waals surface area contributed by atoms with E-state index in [9.17, 15) is 9.59 Å². The first-order valence-electron chi connectivity index (χ1n) is 4.47. The van der Waals surface area contributed by atoms with Gasteiger partial charge in [-0.2, -0.15) is 0 Å². The van der Waals surface area contributed by atoms with Gasteiger partial charge in [0.1, 0.15) is 5.54 Å². The van der Waals surface area contributed by atoms with Gasteiger partial charge in [0, 0.05) is 6.54 Å². The Balaban J connectivity index is 2.21. The molecule has 2 rings (SSSR count). The van der Waals surface area contributed by atoms with Gasteiger partial charge in [-0.25, -0.2) is 4.79 Å². The van der Waals surface area contributed by atoms with Gasteiger partial charge in [0.05, 0.1) is 0 Å². The lowest BCUT2D eigenvalue weighted by atomic mass is 9.93. The molecule has 1 aliphatic heterocycles. The fourth-order valence-electron chi connectivity index (χ4n) is 1.92. The van der Waals surface area contributed by atoms with Crippen LogP contribution in [0.5, 0.6) is 0 Å². The summed E-state index contributed by atoms with van der Waals surface area (Å²) in [7, 11) is 1.78. The van der Waals surface area contributed by atoms with Gasteiger partial charge in [0.2, 0.25) is 0 Å². The topological polar surface area (TPSA) is 70.2 Å². The molecule has 0 radical (unpaired) electrons. The first kappa shape index (κ1) is 8.50. The summed E-state index contributed by atoms with van der Waals surface area (Å²) in [6, 6.07) is -0.368. The highest BCUT2D eigenvalue weighted by Crippen LogP contribution is 2.40. The van der Waals surface area contributed by atoms with E-state index in [2.05, 4.69) is 16.0 Å². The van der Waals surface area contributed by atoms with E-state index in [1.54, 1.807) is 7.05 Å². The minimum atomic E-state index is -0.675. The molecule has 3 amide bonds. The third kappa shape index (κ3) is 1.19. The number of rotatable bonds is 3. The number of hydrogen-bond donors (Lipinski definition) is 3. The molecule has 1 heterocycles. The summed E-state index contributed by atoms with van der Waals surface area (Å²) >= 11 is 0. The van der Waals surface area contributed by atoms with Crippen molar-refractivity contribution in [3.05, 3.63) is 0 Å². The molecule has 1 atom stereocenters. The van der Waals surface area contributed by atoms with Crippen LogP contribution in [0, 0.1) is 5.92 Å². The summed E-state index contributed by atoms with van der Waals surface area (Å²) in [5.41, 5.74) is -0.675. The van der Waals surface area contributed by atoms with Crippen molar-refractivity contribution in [2.45, 2.75) is 18.4 Å². The van der Waals surface area contributed by atoms with E-state index in [0.29, 0.717) is 12.5 Å². The van der Waals surface area contributed by atoms with Crippen molar-refractivity contribution < 1.29 is 9.59 Å². The Hall–Kier alpha value is -1.10. The van der Waals surface area contributed by atoms with Crippen LogP contribution in [-0.2, 0) is 4.79 Å². The molecule has 1 saturated carbocycles. The molecule has 0 aromatic rings. The fourth-order valence-corrected chi connectivity index (χ4v) is 1.92. The average Bonchev–Trinajstić information content (AvgIpc) is 2.82. The summed E-state index contributed by atoms with van der Waals surface area (Å²) in [6.07, 6.45) is 2.05. The van der Waals surface area contributed by atoms with E-state index < -0.39 is 5.54 Å². The standard InChI is InChI=1S/C8H13N3O2/c1-9-4-8(5-2-3-5)6(12)10-7(13)11-8/h5,9H,2-4H2,1H3,(H2,10,11,12,13). The number of urea groups is 1. The monoisotopic (exact) mass is 183 g/mol. The zero-order valence-corrected chi connectivity index (χ0v) is 7.52. The molecule has 1 saturated heterocycles. The molecule has 0 aromatic heterocycles. The number of imide groups is 1. The number of amides is 3. The van der Waals surface area contributed by atoms with Crippen molar-refractivity contribution in [1.29, 1.82) is 0 Å². The summed E-state index contributed by atoms with van der Waals surface area (Å²) < 4.78 is 0. The maximum atomic E-state index is 11.5. The predicted octanol–water partition coefficient (Wildman–Crippen LogP) is -0.806. The van der Waals surface area contributed by atoms with Crippen molar-refractivity contribution in [3.63, 3.8) is 0 Å². The normalized spacial score (nSPS) is 33.0. The number of likely N-dealkylation sites (N-methyl/N-ethyl adjacent to an activating group) is 1. The minimum Gasteiger partial charge on any atom is -0.322 e. The molecule has 5 nitrogen and oxygen atoms in total. The average molecular weight is 183 g/mol. The molecule has 1 aliphatic carbocycles. The van der Waals surface area contributed by atoms with Crippen molar-refractivity contribution >= 4 is 11.9 Å². The van der Waals surface area contributed by atoms with Gasteiger partial charge in [0.15, 0.2) is 0 Å². The Morgan fingerprint density at radius 2 is 2.23 bits per heavy atom. The second-order valence-corrected chi connectivity index (χ2v) is 3.68. The van der Waals surface area contributed by atoms with Crippen LogP contribution in [0.1, 0.15) is 12.8 Å². The lowest BCUT2D eigenvalue weighted by Crippen LogP contribution is -2.55. The van der Waals surface area contributed by atoms with E-state index in [4.69, 9.17) is 0 Å². The van der Waals surface area contributed by atoms with E-state index in [-0.39, 0.29) is 11.9 Å². The summed E-state index contributed by atoms with van der Waals surface area (Å²) in [6.45, 7) is 0.509. The van der Waals surface area contributed by atoms with Gasteiger partial charge in [-0.3, -0.25) is 10.1 Å². The van der Waals surface area contributed by atoms with Gasteiger partial charge in [0.25, 0.3) is 5.91 Å². The molecule has 1 unspecified atom stereocenters. The number of nitrogens with one attached hydrogen (secondary N) is 3. The molecule has 0 aromatic carbocycles. The Kier molecular flexibility index (Phi) is 1.76. The van der Waals surface area contributed by atoms with Crippen LogP contribution in [0.15, 0.2) is 0 Å². The number of hydrogen-bond acceptors (Lipinski definition) is 3. The zero-order chi connectivity index (χ0) is 9.47. The van der Waals surface area contributed by atoms with Crippen LogP contribution < -0.4 is 16.0 Å². The van der Waals surface area contributed by atoms with Crippen LogP contribution in [0.4, 0.5) is 4.79 Å². The first-order valence-corrected chi connectivity index (χ1v) is 4.47. The predicted molar refractivity (Wildman–Crippen MR) is 46.1 cm³/mol. The largest absolute Gasteiger partial charge is 0.322 e. The molecule has 5 heteroatoms. The molecular formula is C8H13N3O2. The SMILES string of the molecule is CNCC1(C2CC2)NC(=O)NC1=O. The van der Waals surface area contributed by atoms with Crippen LogP contribution in [-0.4, -0.2) is 31.1 Å².